The molecule has 0 bridgehead atoms. The van der Waals surface area contributed by atoms with Crippen molar-refractivity contribution in [3.05, 3.63) is 34.9 Å². The van der Waals surface area contributed by atoms with Crippen LogP contribution in [0, 0.1) is 19.8 Å². The number of methoxy groups -OCH3 is 1. The highest BCUT2D eigenvalue weighted by molar-refractivity contribution is 14.0. The number of likely N-dealkylation sites (tertiary alicyclic amines) is 1. The van der Waals surface area contributed by atoms with E-state index in [1.54, 1.807) is 7.11 Å². The summed E-state index contributed by atoms with van der Waals surface area (Å²) in [5, 5.41) is 3.42. The zero-order chi connectivity index (χ0) is 15.9. The summed E-state index contributed by atoms with van der Waals surface area (Å²) in [7, 11) is 1.78. The number of guanidine groups is 1. The molecule has 0 saturated carbocycles. The van der Waals surface area contributed by atoms with Crippen molar-refractivity contribution >= 4 is 29.9 Å². The Morgan fingerprint density at radius 1 is 1.39 bits per heavy atom. The van der Waals surface area contributed by atoms with Gasteiger partial charge in [0.2, 0.25) is 0 Å². The first-order valence-corrected chi connectivity index (χ1v) is 8.22. The molecular formula is C18H30IN3O. The predicted molar refractivity (Wildman–Crippen MR) is 108 cm³/mol. The maximum atomic E-state index is 5.28. The highest BCUT2D eigenvalue weighted by Crippen LogP contribution is 2.17. The van der Waals surface area contributed by atoms with Crippen LogP contribution in [0.5, 0.6) is 0 Å². The summed E-state index contributed by atoms with van der Waals surface area (Å²) in [5.74, 6) is 1.65. The van der Waals surface area contributed by atoms with Gasteiger partial charge in [-0.2, -0.15) is 0 Å². The fraction of sp³-hybridized carbons (Fsp3) is 0.611. The minimum atomic E-state index is 0. The lowest BCUT2D eigenvalue weighted by atomic mass is 10.1. The fourth-order valence-electron chi connectivity index (χ4n) is 3.01. The quantitative estimate of drug-likeness (QED) is 0.442. The van der Waals surface area contributed by atoms with Crippen molar-refractivity contribution in [1.29, 1.82) is 0 Å². The van der Waals surface area contributed by atoms with Crippen LogP contribution < -0.4 is 5.32 Å². The van der Waals surface area contributed by atoms with Gasteiger partial charge in [-0.3, -0.25) is 0 Å². The number of ether oxygens (including phenoxy) is 1. The van der Waals surface area contributed by atoms with Crippen LogP contribution in [0.3, 0.4) is 0 Å². The molecule has 1 unspecified atom stereocenters. The van der Waals surface area contributed by atoms with E-state index in [-0.39, 0.29) is 24.0 Å². The van der Waals surface area contributed by atoms with Gasteiger partial charge in [-0.05, 0) is 38.3 Å². The molecular weight excluding hydrogens is 401 g/mol. The average Bonchev–Trinajstić information content (AvgIpc) is 2.94. The van der Waals surface area contributed by atoms with Gasteiger partial charge in [-0.15, -0.1) is 24.0 Å². The monoisotopic (exact) mass is 431 g/mol. The number of hydrogen-bond donors (Lipinski definition) is 1. The van der Waals surface area contributed by atoms with Crippen LogP contribution in [-0.4, -0.2) is 44.2 Å². The third-order valence-electron chi connectivity index (χ3n) is 4.22. The van der Waals surface area contributed by atoms with Gasteiger partial charge in [0.25, 0.3) is 0 Å². The lowest BCUT2D eigenvalue weighted by Gasteiger charge is -2.21. The van der Waals surface area contributed by atoms with Crippen molar-refractivity contribution in [2.24, 2.45) is 10.9 Å². The van der Waals surface area contributed by atoms with Gasteiger partial charge in [0.15, 0.2) is 5.96 Å². The van der Waals surface area contributed by atoms with Crippen LogP contribution in [0.2, 0.25) is 0 Å². The minimum absolute atomic E-state index is 0. The van der Waals surface area contributed by atoms with Gasteiger partial charge in [0, 0.05) is 32.7 Å². The number of aryl methyl sites for hydroxylation is 2. The summed E-state index contributed by atoms with van der Waals surface area (Å²) < 4.78 is 5.28. The number of nitrogens with zero attached hydrogens (tertiary/aromatic N) is 2. The van der Waals surface area contributed by atoms with Crippen molar-refractivity contribution in [3.63, 3.8) is 0 Å². The molecule has 1 aliphatic heterocycles. The van der Waals surface area contributed by atoms with Gasteiger partial charge in [0.05, 0.1) is 13.2 Å². The molecule has 23 heavy (non-hydrogen) atoms. The number of halogens is 1. The molecule has 1 saturated heterocycles. The topological polar surface area (TPSA) is 36.9 Å². The number of benzene rings is 1. The fourth-order valence-corrected chi connectivity index (χ4v) is 3.01. The van der Waals surface area contributed by atoms with Crippen molar-refractivity contribution in [1.82, 2.24) is 10.2 Å². The standard InChI is InChI=1S/C18H29N3O.HI/c1-5-19-18(21-9-8-16(12-21)13-22-4)20-11-17-7-6-14(2)10-15(17)3;/h6-7,10,16H,5,8-9,11-13H2,1-4H3,(H,19,20);1H. The van der Waals surface area contributed by atoms with Gasteiger partial charge in [-0.25, -0.2) is 4.99 Å². The van der Waals surface area contributed by atoms with E-state index in [2.05, 4.69) is 49.2 Å². The maximum Gasteiger partial charge on any atom is 0.194 e. The summed E-state index contributed by atoms with van der Waals surface area (Å²) >= 11 is 0. The van der Waals surface area contributed by atoms with E-state index in [1.165, 1.54) is 23.1 Å². The van der Waals surface area contributed by atoms with Crippen LogP contribution in [-0.2, 0) is 11.3 Å². The normalized spacial score (nSPS) is 18.0. The Hall–Kier alpha value is -0.820. The Morgan fingerprint density at radius 3 is 2.83 bits per heavy atom. The lowest BCUT2D eigenvalue weighted by molar-refractivity contribution is 0.157. The van der Waals surface area contributed by atoms with E-state index in [0.717, 1.165) is 38.7 Å². The second-order valence-electron chi connectivity index (χ2n) is 6.16. The maximum absolute atomic E-state index is 5.28. The van der Waals surface area contributed by atoms with Crippen LogP contribution >= 0.6 is 24.0 Å². The van der Waals surface area contributed by atoms with Gasteiger partial charge in [-0.1, -0.05) is 23.8 Å². The molecule has 2 rings (SSSR count). The lowest BCUT2D eigenvalue weighted by Crippen LogP contribution is -2.40. The van der Waals surface area contributed by atoms with Crippen molar-refractivity contribution in [2.75, 3.05) is 33.4 Å². The van der Waals surface area contributed by atoms with Gasteiger partial charge >= 0.3 is 0 Å². The molecule has 0 aromatic heterocycles. The number of aliphatic imine (C=N–C) groups is 1. The Labute approximate surface area is 157 Å². The van der Waals surface area contributed by atoms with E-state index in [9.17, 15) is 0 Å². The molecule has 0 aliphatic carbocycles. The Balaban J connectivity index is 0.00000264. The zero-order valence-electron chi connectivity index (χ0n) is 14.8. The second kappa shape index (κ2) is 10.1. The van der Waals surface area contributed by atoms with E-state index in [4.69, 9.17) is 9.73 Å². The zero-order valence-corrected chi connectivity index (χ0v) is 17.1. The molecule has 1 fully saturated rings. The smallest absolute Gasteiger partial charge is 0.194 e. The van der Waals surface area contributed by atoms with Crippen LogP contribution in [0.15, 0.2) is 23.2 Å². The van der Waals surface area contributed by atoms with E-state index >= 15 is 0 Å². The number of rotatable bonds is 5. The van der Waals surface area contributed by atoms with Crippen molar-refractivity contribution < 1.29 is 4.74 Å². The summed E-state index contributed by atoms with van der Waals surface area (Å²) in [6.07, 6.45) is 1.18. The molecule has 1 atom stereocenters. The van der Waals surface area contributed by atoms with E-state index in [1.807, 2.05) is 0 Å². The van der Waals surface area contributed by atoms with Gasteiger partial charge < -0.3 is 15.0 Å². The Bertz CT molecular complexity index is 519. The summed E-state index contributed by atoms with van der Waals surface area (Å²) in [6.45, 7) is 11.0. The van der Waals surface area contributed by atoms with E-state index in [0.29, 0.717) is 5.92 Å². The molecule has 0 amide bonds. The van der Waals surface area contributed by atoms with Crippen LogP contribution in [0.4, 0.5) is 0 Å². The van der Waals surface area contributed by atoms with E-state index < -0.39 is 0 Å². The van der Waals surface area contributed by atoms with Crippen LogP contribution in [0.1, 0.15) is 30.0 Å². The second-order valence-corrected chi connectivity index (χ2v) is 6.16. The molecule has 4 nitrogen and oxygen atoms in total. The molecule has 5 heteroatoms. The molecule has 0 spiro atoms. The largest absolute Gasteiger partial charge is 0.384 e. The first-order valence-electron chi connectivity index (χ1n) is 8.22. The summed E-state index contributed by atoms with van der Waals surface area (Å²) in [5.41, 5.74) is 3.92. The first-order chi connectivity index (χ1) is 10.6. The molecule has 1 heterocycles. The molecule has 130 valence electrons. The average molecular weight is 431 g/mol. The molecule has 1 aromatic carbocycles. The Kier molecular flexibility index (Phi) is 8.91. The number of hydrogen-bond acceptors (Lipinski definition) is 2. The highest BCUT2D eigenvalue weighted by atomic mass is 127. The van der Waals surface area contributed by atoms with Gasteiger partial charge in [0.1, 0.15) is 0 Å². The van der Waals surface area contributed by atoms with Crippen LogP contribution in [0.25, 0.3) is 0 Å². The SMILES string of the molecule is CCNC(=NCc1ccc(C)cc1C)N1CCC(COC)C1.I. The summed E-state index contributed by atoms with van der Waals surface area (Å²) in [4.78, 5) is 7.20. The first kappa shape index (κ1) is 20.2. The molecule has 0 radical (unpaired) electrons. The molecule has 1 aliphatic rings. The third-order valence-corrected chi connectivity index (χ3v) is 4.22. The molecule has 1 aromatic rings. The summed E-state index contributed by atoms with van der Waals surface area (Å²) in [6, 6.07) is 6.58. The minimum Gasteiger partial charge on any atom is -0.384 e. The highest BCUT2D eigenvalue weighted by Gasteiger charge is 2.24. The third kappa shape index (κ3) is 5.95. The van der Waals surface area contributed by atoms with Crippen molar-refractivity contribution in [2.45, 2.75) is 33.7 Å². The molecule has 1 N–H and O–H groups in total. The Morgan fingerprint density at radius 2 is 2.17 bits per heavy atom. The van der Waals surface area contributed by atoms with Crippen molar-refractivity contribution in [3.8, 4) is 0 Å². The predicted octanol–water partition coefficient (Wildman–Crippen LogP) is 3.36. The number of nitrogens with one attached hydrogen (secondary N) is 1.